The molecule has 1 aliphatic heterocycles. The minimum Gasteiger partial charge on any atom is -0.489 e. The molecule has 1 saturated heterocycles. The third-order valence-electron chi connectivity index (χ3n) is 4.05. The van der Waals surface area contributed by atoms with Crippen molar-refractivity contribution in [3.8, 4) is 5.75 Å². The summed E-state index contributed by atoms with van der Waals surface area (Å²) in [5, 5.41) is 0.487. The first kappa shape index (κ1) is 16.0. The van der Waals surface area contributed by atoms with Gasteiger partial charge in [-0.25, -0.2) is 0 Å². The molecule has 2 aromatic rings. The van der Waals surface area contributed by atoms with Crippen LogP contribution in [0.4, 0.5) is 0 Å². The predicted molar refractivity (Wildman–Crippen MR) is 92.2 cm³/mol. The van der Waals surface area contributed by atoms with Crippen molar-refractivity contribution in [3.63, 3.8) is 0 Å². The maximum absolute atomic E-state index is 12.5. The van der Waals surface area contributed by atoms with Crippen LogP contribution in [0.1, 0.15) is 28.8 Å². The zero-order chi connectivity index (χ0) is 16.1. The number of ketones is 1. The molecule has 4 heteroatoms. The molecule has 1 fully saturated rings. The number of hydrogen-bond acceptors (Lipinski definition) is 3. The van der Waals surface area contributed by atoms with Crippen molar-refractivity contribution in [3.05, 3.63) is 64.7 Å². The Morgan fingerprint density at radius 3 is 2.57 bits per heavy atom. The molecule has 0 radical (unpaired) electrons. The lowest BCUT2D eigenvalue weighted by Crippen LogP contribution is -2.27. The van der Waals surface area contributed by atoms with E-state index in [2.05, 4.69) is 4.90 Å². The van der Waals surface area contributed by atoms with Crippen molar-refractivity contribution in [1.82, 2.24) is 4.90 Å². The summed E-state index contributed by atoms with van der Waals surface area (Å²) in [4.78, 5) is 14.6. The molecule has 120 valence electrons. The molecule has 0 unspecified atom stereocenters. The van der Waals surface area contributed by atoms with Crippen molar-refractivity contribution < 1.29 is 9.53 Å². The van der Waals surface area contributed by atoms with Gasteiger partial charge in [-0.05, 0) is 49.7 Å². The van der Waals surface area contributed by atoms with E-state index in [1.807, 2.05) is 30.3 Å². The first-order valence-corrected chi connectivity index (χ1v) is 8.32. The second-order valence-electron chi connectivity index (χ2n) is 5.82. The monoisotopic (exact) mass is 329 g/mol. The van der Waals surface area contributed by atoms with E-state index in [0.29, 0.717) is 29.5 Å². The highest BCUT2D eigenvalue weighted by Gasteiger charge is 2.18. The highest BCUT2D eigenvalue weighted by molar-refractivity contribution is 6.34. The lowest BCUT2D eigenvalue weighted by Gasteiger charge is -2.14. The van der Waals surface area contributed by atoms with Gasteiger partial charge >= 0.3 is 0 Å². The summed E-state index contributed by atoms with van der Waals surface area (Å²) in [7, 11) is 0. The van der Waals surface area contributed by atoms with Crippen LogP contribution in [-0.2, 0) is 6.61 Å². The fourth-order valence-electron chi connectivity index (χ4n) is 2.78. The second kappa shape index (κ2) is 7.62. The zero-order valence-electron chi connectivity index (χ0n) is 13.0. The highest BCUT2D eigenvalue weighted by atomic mass is 35.5. The van der Waals surface area contributed by atoms with Crippen molar-refractivity contribution in [2.75, 3.05) is 19.6 Å². The molecule has 0 aromatic heterocycles. The molecule has 0 bridgehead atoms. The van der Waals surface area contributed by atoms with Gasteiger partial charge in [0.15, 0.2) is 5.78 Å². The normalized spacial score (nSPS) is 14.8. The van der Waals surface area contributed by atoms with Gasteiger partial charge in [0.2, 0.25) is 0 Å². The van der Waals surface area contributed by atoms with Crippen LogP contribution in [0, 0.1) is 0 Å². The molecule has 3 rings (SSSR count). The van der Waals surface area contributed by atoms with Crippen molar-refractivity contribution in [2.45, 2.75) is 19.4 Å². The van der Waals surface area contributed by atoms with E-state index in [4.69, 9.17) is 16.3 Å². The summed E-state index contributed by atoms with van der Waals surface area (Å²) in [5.74, 6) is 0.727. The molecule has 0 saturated carbocycles. The number of Topliss-reactive ketones (excluding diaryl/α,β-unsaturated/α-hetero) is 1. The molecule has 2 aromatic carbocycles. The topological polar surface area (TPSA) is 29.5 Å². The first-order chi connectivity index (χ1) is 11.2. The summed E-state index contributed by atoms with van der Waals surface area (Å²) in [6.07, 6.45) is 2.34. The number of ether oxygens (including phenoxy) is 1. The van der Waals surface area contributed by atoms with E-state index in [-0.39, 0.29) is 5.78 Å². The molecule has 23 heavy (non-hydrogen) atoms. The molecular weight excluding hydrogens is 310 g/mol. The molecule has 0 aliphatic carbocycles. The number of likely N-dealkylation sites (tertiary alicyclic amines) is 1. The van der Waals surface area contributed by atoms with E-state index in [9.17, 15) is 4.79 Å². The Kier molecular flexibility index (Phi) is 5.31. The third kappa shape index (κ3) is 4.34. The number of carbonyl (C=O) groups excluding carboxylic acids is 1. The standard InChI is InChI=1S/C19H20ClNO2/c20-18-9-8-16(23-14-15-6-2-1-3-7-15)12-17(18)19(22)13-21-10-4-5-11-21/h1-3,6-9,12H,4-5,10-11,13-14H2. The Bertz CT molecular complexity index is 666. The Morgan fingerprint density at radius 1 is 1.09 bits per heavy atom. The smallest absolute Gasteiger partial charge is 0.178 e. The van der Waals surface area contributed by atoms with Gasteiger partial charge in [-0.3, -0.25) is 9.69 Å². The van der Waals surface area contributed by atoms with Crippen LogP contribution < -0.4 is 4.74 Å². The molecule has 0 atom stereocenters. The molecule has 1 heterocycles. The van der Waals surface area contributed by atoms with Gasteiger partial charge in [-0.1, -0.05) is 41.9 Å². The lowest BCUT2D eigenvalue weighted by atomic mass is 10.1. The van der Waals surface area contributed by atoms with Crippen LogP contribution in [0.25, 0.3) is 0 Å². The average molecular weight is 330 g/mol. The molecule has 1 aliphatic rings. The Hall–Kier alpha value is -1.84. The van der Waals surface area contributed by atoms with Crippen LogP contribution in [0.15, 0.2) is 48.5 Å². The fourth-order valence-corrected chi connectivity index (χ4v) is 3.00. The quantitative estimate of drug-likeness (QED) is 0.744. The average Bonchev–Trinajstić information content (AvgIpc) is 3.08. The van der Waals surface area contributed by atoms with Crippen molar-refractivity contribution in [1.29, 1.82) is 0 Å². The van der Waals surface area contributed by atoms with E-state index in [0.717, 1.165) is 18.7 Å². The second-order valence-corrected chi connectivity index (χ2v) is 6.23. The minimum atomic E-state index is 0.0575. The number of nitrogens with zero attached hydrogens (tertiary/aromatic N) is 1. The van der Waals surface area contributed by atoms with Gasteiger partial charge in [0.1, 0.15) is 12.4 Å². The number of carbonyl (C=O) groups is 1. The number of hydrogen-bond donors (Lipinski definition) is 0. The van der Waals surface area contributed by atoms with Gasteiger partial charge in [-0.2, -0.15) is 0 Å². The number of halogens is 1. The van der Waals surface area contributed by atoms with Gasteiger partial charge < -0.3 is 4.74 Å². The van der Waals surface area contributed by atoms with E-state index in [1.54, 1.807) is 18.2 Å². The van der Waals surface area contributed by atoms with Gasteiger partial charge in [0.05, 0.1) is 11.6 Å². The Labute approximate surface area is 141 Å². The number of rotatable bonds is 6. The number of benzene rings is 2. The summed E-state index contributed by atoms with van der Waals surface area (Å²) in [5.41, 5.74) is 1.64. The van der Waals surface area contributed by atoms with Crippen molar-refractivity contribution >= 4 is 17.4 Å². The molecule has 0 amide bonds. The van der Waals surface area contributed by atoms with E-state index >= 15 is 0 Å². The summed E-state index contributed by atoms with van der Waals surface area (Å²) < 4.78 is 5.78. The largest absolute Gasteiger partial charge is 0.489 e. The molecule has 0 N–H and O–H groups in total. The van der Waals surface area contributed by atoms with Crippen LogP contribution in [0.5, 0.6) is 5.75 Å². The Balaban J connectivity index is 1.67. The van der Waals surface area contributed by atoms with Gasteiger partial charge in [0.25, 0.3) is 0 Å². The van der Waals surface area contributed by atoms with Crippen LogP contribution in [0.3, 0.4) is 0 Å². The fraction of sp³-hybridized carbons (Fsp3) is 0.316. The highest BCUT2D eigenvalue weighted by Crippen LogP contribution is 2.24. The lowest BCUT2D eigenvalue weighted by molar-refractivity contribution is 0.0945. The predicted octanol–water partition coefficient (Wildman–Crippen LogP) is 4.20. The third-order valence-corrected chi connectivity index (χ3v) is 4.38. The summed E-state index contributed by atoms with van der Waals surface area (Å²) in [6, 6.07) is 15.2. The maximum Gasteiger partial charge on any atom is 0.178 e. The minimum absolute atomic E-state index is 0.0575. The van der Waals surface area contributed by atoms with E-state index in [1.165, 1.54) is 12.8 Å². The van der Waals surface area contributed by atoms with Crippen LogP contribution in [-0.4, -0.2) is 30.3 Å². The molecular formula is C19H20ClNO2. The zero-order valence-corrected chi connectivity index (χ0v) is 13.8. The first-order valence-electron chi connectivity index (χ1n) is 7.94. The summed E-state index contributed by atoms with van der Waals surface area (Å²) >= 11 is 6.20. The molecule has 0 spiro atoms. The summed E-state index contributed by atoms with van der Waals surface area (Å²) in [6.45, 7) is 2.89. The molecule has 3 nitrogen and oxygen atoms in total. The van der Waals surface area contributed by atoms with Crippen molar-refractivity contribution in [2.24, 2.45) is 0 Å². The SMILES string of the molecule is O=C(CN1CCCC1)c1cc(OCc2ccccc2)ccc1Cl. The Morgan fingerprint density at radius 2 is 1.83 bits per heavy atom. The van der Waals surface area contributed by atoms with E-state index < -0.39 is 0 Å². The van der Waals surface area contributed by atoms with Crippen LogP contribution >= 0.6 is 11.6 Å². The van der Waals surface area contributed by atoms with Gasteiger partial charge in [-0.15, -0.1) is 0 Å². The van der Waals surface area contributed by atoms with Crippen LogP contribution in [0.2, 0.25) is 5.02 Å². The van der Waals surface area contributed by atoms with Gasteiger partial charge in [0, 0.05) is 5.56 Å². The maximum atomic E-state index is 12.5.